The van der Waals surface area contributed by atoms with Gasteiger partial charge < -0.3 is 4.74 Å². The molecule has 0 aliphatic rings. The Hall–Kier alpha value is -1.41. The molecule has 0 aliphatic heterocycles. The third-order valence-electron chi connectivity index (χ3n) is 1.28. The van der Waals surface area contributed by atoms with Gasteiger partial charge in [0, 0.05) is 5.56 Å². The van der Waals surface area contributed by atoms with Crippen LogP contribution in [-0.4, -0.2) is 16.1 Å². The summed E-state index contributed by atoms with van der Waals surface area (Å²) in [6, 6.07) is 0. The standard InChI is InChI=1S/C6H3F6N2O/c1-3-2-13-14(5(7,8)9)4(3)15-6(10,11)12/h1H3. The summed E-state index contributed by atoms with van der Waals surface area (Å²) in [5, 5.41) is 2.61. The molecule has 0 unspecified atom stereocenters. The highest BCUT2D eigenvalue weighted by atomic mass is 19.4. The molecule has 9 heteroatoms. The normalized spacial score (nSPS) is 13.0. The molecular formula is C6H3F6N2O. The minimum absolute atomic E-state index is 0.482. The quantitative estimate of drug-likeness (QED) is 0.696. The van der Waals surface area contributed by atoms with Gasteiger partial charge in [-0.05, 0) is 6.92 Å². The SMILES string of the molecule is Cc1[c]nn(C(F)(F)F)c1OC(F)(F)F. The molecular weight excluding hydrogens is 230 g/mol. The molecule has 0 fully saturated rings. The molecule has 1 rings (SSSR count). The molecule has 0 aliphatic carbocycles. The summed E-state index contributed by atoms with van der Waals surface area (Å²) >= 11 is 0. The average molecular weight is 233 g/mol. The second-order valence-corrected chi connectivity index (χ2v) is 2.47. The lowest BCUT2D eigenvalue weighted by Gasteiger charge is -2.13. The van der Waals surface area contributed by atoms with Crippen LogP contribution in [0.1, 0.15) is 5.56 Å². The van der Waals surface area contributed by atoms with Crippen molar-refractivity contribution in [2.75, 3.05) is 0 Å². The molecule has 0 spiro atoms. The monoisotopic (exact) mass is 233 g/mol. The Morgan fingerprint density at radius 2 is 1.73 bits per heavy atom. The highest BCUT2D eigenvalue weighted by molar-refractivity contribution is 5.21. The van der Waals surface area contributed by atoms with Crippen molar-refractivity contribution in [3.05, 3.63) is 11.8 Å². The minimum atomic E-state index is -5.21. The van der Waals surface area contributed by atoms with E-state index in [0.717, 1.165) is 6.92 Å². The lowest BCUT2D eigenvalue weighted by atomic mass is 10.4. The van der Waals surface area contributed by atoms with Crippen LogP contribution in [0.5, 0.6) is 5.88 Å². The Morgan fingerprint density at radius 3 is 2.13 bits per heavy atom. The van der Waals surface area contributed by atoms with Crippen LogP contribution in [0.2, 0.25) is 0 Å². The van der Waals surface area contributed by atoms with Crippen LogP contribution in [0.25, 0.3) is 0 Å². The predicted octanol–water partition coefficient (Wildman–Crippen LogP) is 2.37. The zero-order valence-electron chi connectivity index (χ0n) is 7.07. The summed E-state index contributed by atoms with van der Waals surface area (Å²) in [5.41, 5.74) is -0.482. The fourth-order valence-corrected chi connectivity index (χ4v) is 0.778. The van der Waals surface area contributed by atoms with Gasteiger partial charge in [-0.25, -0.2) is 0 Å². The first-order valence-electron chi connectivity index (χ1n) is 3.41. The van der Waals surface area contributed by atoms with Crippen LogP contribution in [0.4, 0.5) is 26.3 Å². The molecule has 1 heterocycles. The largest absolute Gasteiger partial charge is 0.574 e. The van der Waals surface area contributed by atoms with Crippen molar-refractivity contribution < 1.29 is 31.1 Å². The molecule has 0 atom stereocenters. The number of ether oxygens (including phenoxy) is 1. The van der Waals surface area contributed by atoms with E-state index < -0.39 is 28.8 Å². The molecule has 15 heavy (non-hydrogen) atoms. The van der Waals surface area contributed by atoms with Crippen LogP contribution in [0.3, 0.4) is 0 Å². The van der Waals surface area contributed by atoms with Gasteiger partial charge in [0.1, 0.15) is 6.20 Å². The smallest absolute Gasteiger partial charge is 0.388 e. The van der Waals surface area contributed by atoms with Crippen LogP contribution in [0, 0.1) is 13.1 Å². The number of hydrogen-bond acceptors (Lipinski definition) is 2. The van der Waals surface area contributed by atoms with Gasteiger partial charge in [0.2, 0.25) is 5.88 Å². The Morgan fingerprint density at radius 1 is 1.20 bits per heavy atom. The number of rotatable bonds is 1. The Bertz CT molecular complexity index is 351. The lowest BCUT2D eigenvalue weighted by molar-refractivity contribution is -0.285. The third-order valence-corrected chi connectivity index (χ3v) is 1.28. The van der Waals surface area contributed by atoms with Gasteiger partial charge in [0.15, 0.2) is 0 Å². The summed E-state index contributed by atoms with van der Waals surface area (Å²) in [5.74, 6) is -1.44. The highest BCUT2D eigenvalue weighted by Gasteiger charge is 2.40. The van der Waals surface area contributed by atoms with Crippen LogP contribution < -0.4 is 4.74 Å². The van der Waals surface area contributed by atoms with Gasteiger partial charge in [0.05, 0.1) is 0 Å². The van der Waals surface area contributed by atoms with Gasteiger partial charge in [-0.2, -0.15) is 5.10 Å². The maximum atomic E-state index is 12.1. The minimum Gasteiger partial charge on any atom is -0.388 e. The summed E-state index contributed by atoms with van der Waals surface area (Å²) in [6.45, 7) is 0.969. The number of alkyl halides is 6. The second kappa shape index (κ2) is 3.31. The van der Waals surface area contributed by atoms with Crippen LogP contribution in [-0.2, 0) is 6.30 Å². The van der Waals surface area contributed by atoms with E-state index in [1.165, 1.54) is 0 Å². The number of nitrogens with zero attached hydrogens (tertiary/aromatic N) is 2. The van der Waals surface area contributed by atoms with E-state index in [-0.39, 0.29) is 0 Å². The van der Waals surface area contributed by atoms with Crippen molar-refractivity contribution in [1.82, 2.24) is 9.78 Å². The van der Waals surface area contributed by atoms with Gasteiger partial charge in [-0.1, -0.05) is 0 Å². The van der Waals surface area contributed by atoms with Crippen molar-refractivity contribution in [3.63, 3.8) is 0 Å². The first kappa shape index (κ1) is 11.7. The molecule has 1 aromatic heterocycles. The molecule has 0 saturated carbocycles. The van der Waals surface area contributed by atoms with Crippen molar-refractivity contribution in [1.29, 1.82) is 0 Å². The molecule has 0 amide bonds. The van der Waals surface area contributed by atoms with Crippen molar-refractivity contribution >= 4 is 0 Å². The lowest BCUT2D eigenvalue weighted by Crippen LogP contribution is -2.25. The predicted molar refractivity (Wildman–Crippen MR) is 33.8 cm³/mol. The number of aromatic nitrogens is 2. The van der Waals surface area contributed by atoms with E-state index >= 15 is 0 Å². The van der Waals surface area contributed by atoms with E-state index in [1.807, 2.05) is 0 Å². The van der Waals surface area contributed by atoms with Gasteiger partial charge in [-0.15, -0.1) is 31.0 Å². The highest BCUT2D eigenvalue weighted by Crippen LogP contribution is 2.32. The molecule has 0 N–H and O–H groups in total. The maximum Gasteiger partial charge on any atom is 0.574 e. The van der Waals surface area contributed by atoms with E-state index in [1.54, 1.807) is 6.20 Å². The fraction of sp³-hybridized carbons (Fsp3) is 0.500. The van der Waals surface area contributed by atoms with Crippen molar-refractivity contribution in [2.45, 2.75) is 19.6 Å². The fourth-order valence-electron chi connectivity index (χ4n) is 0.778. The second-order valence-electron chi connectivity index (χ2n) is 2.47. The Labute approximate surface area is 79.2 Å². The molecule has 1 aromatic rings. The van der Waals surface area contributed by atoms with Gasteiger partial charge in [-0.3, -0.25) is 0 Å². The molecule has 85 valence electrons. The molecule has 0 saturated heterocycles. The molecule has 3 nitrogen and oxygen atoms in total. The zero-order chi connectivity index (χ0) is 11.9. The van der Waals surface area contributed by atoms with Crippen LogP contribution >= 0.6 is 0 Å². The first-order valence-corrected chi connectivity index (χ1v) is 3.41. The number of aryl methyl sites for hydroxylation is 1. The Balaban J connectivity index is 3.11. The topological polar surface area (TPSA) is 27.1 Å². The zero-order valence-corrected chi connectivity index (χ0v) is 7.07. The molecule has 1 radical (unpaired) electrons. The third kappa shape index (κ3) is 2.77. The Kier molecular flexibility index (Phi) is 2.58. The van der Waals surface area contributed by atoms with E-state index in [4.69, 9.17) is 0 Å². The molecule has 0 bridgehead atoms. The number of hydrogen-bond donors (Lipinski definition) is 0. The summed E-state index contributed by atoms with van der Waals surface area (Å²) in [7, 11) is 0. The van der Waals surface area contributed by atoms with E-state index in [2.05, 4.69) is 9.84 Å². The summed E-state index contributed by atoms with van der Waals surface area (Å²) < 4.78 is 73.7. The molecule has 0 aromatic carbocycles. The van der Waals surface area contributed by atoms with Gasteiger partial charge in [0.25, 0.3) is 0 Å². The van der Waals surface area contributed by atoms with Crippen LogP contribution in [0.15, 0.2) is 0 Å². The van der Waals surface area contributed by atoms with E-state index in [9.17, 15) is 26.3 Å². The van der Waals surface area contributed by atoms with Crippen molar-refractivity contribution in [2.24, 2.45) is 0 Å². The maximum absolute atomic E-state index is 12.1. The number of halogens is 6. The first-order chi connectivity index (χ1) is 6.61. The average Bonchev–Trinajstić information content (AvgIpc) is 2.28. The summed E-state index contributed by atoms with van der Waals surface area (Å²) in [4.78, 5) is 0. The van der Waals surface area contributed by atoms with E-state index in [0.29, 0.717) is 0 Å². The van der Waals surface area contributed by atoms with Crippen molar-refractivity contribution in [3.8, 4) is 5.88 Å². The van der Waals surface area contributed by atoms with Gasteiger partial charge >= 0.3 is 12.7 Å². The summed E-state index contributed by atoms with van der Waals surface area (Å²) in [6.07, 6.45) is -8.55.